The fourth-order valence-corrected chi connectivity index (χ4v) is 12.4. The summed E-state index contributed by atoms with van der Waals surface area (Å²) in [6, 6.07) is 0. The van der Waals surface area contributed by atoms with E-state index >= 15 is 0 Å². The Morgan fingerprint density at radius 1 is 0.387 bits per heavy atom. The van der Waals surface area contributed by atoms with Crippen LogP contribution in [0.2, 0.25) is 0 Å². The number of carboxylic acid groups (broad SMARTS) is 2. The van der Waals surface area contributed by atoms with Gasteiger partial charge >= 0.3 is 59.1 Å². The molecule has 0 aliphatic heterocycles. The number of carbonyl (C=O) groups excluding carboxylic acids is 2. The van der Waals surface area contributed by atoms with E-state index in [-0.39, 0.29) is 72.0 Å². The first kappa shape index (κ1) is 69.2. The molecule has 0 saturated heterocycles. The molecular weight excluding hydrogens is 911 g/mol. The molecule has 22 heteroatoms. The third kappa shape index (κ3) is 27.4. The van der Waals surface area contributed by atoms with Crippen LogP contribution < -0.4 is 69.3 Å². The molecule has 0 aliphatic rings. The van der Waals surface area contributed by atoms with Gasteiger partial charge in [0.1, 0.15) is 10.5 Å². The van der Waals surface area contributed by atoms with Gasteiger partial charge in [-0.25, -0.2) is 0 Å². The zero-order valence-electron chi connectivity index (χ0n) is 38.7. The molecule has 0 spiro atoms. The maximum atomic E-state index is 11.7. The van der Waals surface area contributed by atoms with E-state index in [9.17, 15) is 62.6 Å². The predicted molar refractivity (Wildman–Crippen MR) is 230 cm³/mol. The second kappa shape index (κ2) is 36.6. The van der Waals surface area contributed by atoms with E-state index in [0.717, 1.165) is 65.2 Å². The van der Waals surface area contributed by atoms with E-state index in [0.29, 0.717) is 12.8 Å². The summed E-state index contributed by atoms with van der Waals surface area (Å²) < 4.78 is 123. The van der Waals surface area contributed by atoms with Gasteiger partial charge in [0.25, 0.3) is 40.5 Å². The van der Waals surface area contributed by atoms with E-state index in [1.165, 1.54) is 103 Å². The fraction of sp³-hybridized carbons (Fsp3) is 0.950. The molecule has 0 aromatic rings. The monoisotopic (exact) mass is 988 g/mol. The van der Waals surface area contributed by atoms with Gasteiger partial charge in [0.2, 0.25) is 0 Å². The average Bonchev–Trinajstić information content (AvgIpc) is 3.12. The second-order valence-electron chi connectivity index (χ2n) is 16.3. The first-order chi connectivity index (χ1) is 27.8. The van der Waals surface area contributed by atoms with Crippen LogP contribution in [0.1, 0.15) is 220 Å². The molecule has 0 aromatic carbocycles. The van der Waals surface area contributed by atoms with Crippen LogP contribution >= 0.6 is 0 Å². The molecule has 0 fully saturated rings. The van der Waals surface area contributed by atoms with Gasteiger partial charge in [0.05, 0.1) is 11.9 Å². The average molecular weight is 989 g/mol. The Bertz CT molecular complexity index is 1510. The van der Waals surface area contributed by atoms with E-state index in [1.807, 2.05) is 0 Å². The Hall–Kier alpha value is 0.580. The summed E-state index contributed by atoms with van der Waals surface area (Å²) >= 11 is 0. The largest absolute Gasteiger partial charge is 1.00 e. The Labute approximate surface area is 419 Å². The van der Waals surface area contributed by atoms with Crippen molar-refractivity contribution in [3.63, 3.8) is 0 Å². The topological polar surface area (TPSA) is 298 Å². The molecule has 0 aliphatic carbocycles. The summed E-state index contributed by atoms with van der Waals surface area (Å²) in [7, 11) is -20.7. The number of hydrogen-bond donors (Lipinski definition) is 4. The summed E-state index contributed by atoms with van der Waals surface area (Å²) in [4.78, 5) is 23.0. The normalized spacial score (nSPS) is 15.1. The van der Waals surface area contributed by atoms with Crippen molar-refractivity contribution in [2.45, 2.75) is 240 Å². The first-order valence-electron chi connectivity index (χ1n) is 22.1. The molecule has 360 valence electrons. The Morgan fingerprint density at radius 3 is 0.677 bits per heavy atom. The van der Waals surface area contributed by atoms with Crippen molar-refractivity contribution in [3.05, 3.63) is 0 Å². The third-order valence-electron chi connectivity index (χ3n) is 11.6. The quantitative estimate of drug-likeness (QED) is 0.0382. The second-order valence-corrected chi connectivity index (χ2v) is 23.1. The Morgan fingerprint density at radius 2 is 0.548 bits per heavy atom. The van der Waals surface area contributed by atoms with Gasteiger partial charge < -0.3 is 19.8 Å². The first-order valence-corrected chi connectivity index (χ1v) is 28.0. The van der Waals surface area contributed by atoms with Crippen LogP contribution in [0.3, 0.4) is 0 Å². The van der Waals surface area contributed by atoms with E-state index in [4.69, 9.17) is 9.11 Å². The molecular formula is C40H78Na2O16S4. The van der Waals surface area contributed by atoms with Crippen LogP contribution in [0, 0.1) is 0 Å². The summed E-state index contributed by atoms with van der Waals surface area (Å²) in [5.74, 6) is -4.46. The molecule has 0 radical (unpaired) electrons. The minimum atomic E-state index is -5.33. The minimum Gasteiger partial charge on any atom is -0.548 e. The summed E-state index contributed by atoms with van der Waals surface area (Å²) in [5, 5.41) is 18.5. The predicted octanol–water partition coefficient (Wildman–Crippen LogP) is 1.03. The van der Waals surface area contributed by atoms with Gasteiger partial charge in [-0.1, -0.05) is 194 Å². The molecule has 0 heterocycles. The molecule has 0 rings (SSSR count). The molecule has 16 nitrogen and oxygen atoms in total. The Balaban J connectivity index is -0.000000526. The summed E-state index contributed by atoms with van der Waals surface area (Å²) in [5.41, 5.74) is 0. The number of hydrogen-bond acceptors (Lipinski definition) is 12. The van der Waals surface area contributed by atoms with Gasteiger partial charge in [0.15, 0.2) is 9.49 Å². The summed E-state index contributed by atoms with van der Waals surface area (Å²) in [6.07, 6.45) is 27.7. The molecule has 4 N–H and O–H groups in total. The van der Waals surface area contributed by atoms with E-state index in [1.54, 1.807) is 0 Å². The van der Waals surface area contributed by atoms with Crippen LogP contribution in [0.15, 0.2) is 0 Å². The van der Waals surface area contributed by atoms with Gasteiger partial charge in [-0.05, 0) is 26.7 Å². The fourth-order valence-electron chi connectivity index (χ4n) is 7.48. The van der Waals surface area contributed by atoms with E-state index in [2.05, 4.69) is 13.8 Å². The maximum absolute atomic E-state index is 11.7. The van der Waals surface area contributed by atoms with Gasteiger partial charge in [-0.2, -0.15) is 33.7 Å². The SMILES string of the molecule is CCCCCCCCCCCCCCCCC(C(=O)[O-])(C(C)S(=O)(=O)O)S(=O)(=O)O.CCCCCCCCCCCCCCCCC(C(=O)[O-])(C(C)S(=O)(=O)O)S(=O)(=O)O.[Na+].[Na+]. The zero-order chi connectivity index (χ0) is 46.5. The van der Waals surface area contributed by atoms with Crippen molar-refractivity contribution in [1.82, 2.24) is 0 Å². The van der Waals surface area contributed by atoms with Crippen molar-refractivity contribution >= 4 is 52.4 Å². The number of carboxylic acids is 2. The standard InChI is InChI=1S/2C20H40O8S2.2Na/c2*1-3-4-5-6-7-8-9-10-11-12-13-14-15-16-17-20(19(21)22,30(26,27)28)18(2)29(23,24)25;;/h2*18H,3-17H2,1-2H3,(H,21,22)(H,23,24,25)(H,26,27,28);;/q;;2*+1/p-2. The van der Waals surface area contributed by atoms with Crippen LogP contribution in [0.4, 0.5) is 0 Å². The van der Waals surface area contributed by atoms with Crippen LogP contribution in [0.5, 0.6) is 0 Å². The van der Waals surface area contributed by atoms with Crippen LogP contribution in [-0.2, 0) is 50.1 Å². The summed E-state index contributed by atoms with van der Waals surface area (Å²) in [6.45, 7) is 5.88. The Kier molecular flexibility index (Phi) is 40.8. The van der Waals surface area contributed by atoms with Gasteiger partial charge in [0, 0.05) is 0 Å². The molecule has 4 unspecified atom stereocenters. The number of rotatable bonds is 38. The number of unbranched alkanes of at least 4 members (excludes halogenated alkanes) is 26. The maximum Gasteiger partial charge on any atom is 1.00 e. The number of carbonyl (C=O) groups is 2. The van der Waals surface area contributed by atoms with Crippen molar-refractivity contribution in [1.29, 1.82) is 0 Å². The van der Waals surface area contributed by atoms with Crippen molar-refractivity contribution in [2.24, 2.45) is 0 Å². The molecule has 4 atom stereocenters. The van der Waals surface area contributed by atoms with Gasteiger partial charge in [-0.15, -0.1) is 0 Å². The van der Waals surface area contributed by atoms with Crippen molar-refractivity contribution in [3.8, 4) is 0 Å². The van der Waals surface area contributed by atoms with Crippen molar-refractivity contribution < 1.29 is 131 Å². The van der Waals surface area contributed by atoms with Gasteiger partial charge in [-0.3, -0.25) is 18.2 Å². The van der Waals surface area contributed by atoms with Crippen LogP contribution in [-0.4, -0.2) is 83.8 Å². The van der Waals surface area contributed by atoms with E-state index < -0.39 is 85.2 Å². The third-order valence-corrected chi connectivity index (χ3v) is 17.8. The minimum absolute atomic E-state index is 0. The molecule has 0 amide bonds. The number of aliphatic carboxylic acids is 2. The zero-order valence-corrected chi connectivity index (χ0v) is 46.0. The molecule has 0 saturated carbocycles. The molecule has 62 heavy (non-hydrogen) atoms. The van der Waals surface area contributed by atoms with Crippen molar-refractivity contribution in [2.75, 3.05) is 0 Å². The molecule has 0 bridgehead atoms. The van der Waals surface area contributed by atoms with Crippen LogP contribution in [0.25, 0.3) is 0 Å². The molecule has 0 aromatic heterocycles. The smallest absolute Gasteiger partial charge is 0.548 e.